The maximum absolute atomic E-state index is 12.9. The minimum atomic E-state index is -0.730. The number of anilines is 1. The molecule has 0 radical (unpaired) electrons. The minimum absolute atomic E-state index is 0.301. The lowest BCUT2D eigenvalue weighted by Crippen LogP contribution is -2.30. The number of halogens is 1. The van der Waals surface area contributed by atoms with Crippen LogP contribution in [-0.4, -0.2) is 24.6 Å². The van der Waals surface area contributed by atoms with Gasteiger partial charge in [-0.2, -0.15) is 0 Å². The lowest BCUT2D eigenvalue weighted by Gasteiger charge is -2.16. The zero-order valence-electron chi connectivity index (χ0n) is 17.7. The zero-order valence-corrected chi connectivity index (χ0v) is 19.3. The average molecular weight is 450 g/mol. The minimum Gasteiger partial charge on any atom is -0.481 e. The lowest BCUT2D eigenvalue weighted by molar-refractivity contribution is -0.122. The molecule has 1 aliphatic carbocycles. The van der Waals surface area contributed by atoms with E-state index in [-0.39, 0.29) is 11.9 Å². The molecule has 1 aromatic heterocycles. The van der Waals surface area contributed by atoms with Gasteiger partial charge in [-0.25, -0.2) is 4.79 Å². The molecule has 0 aliphatic heterocycles. The van der Waals surface area contributed by atoms with E-state index in [4.69, 9.17) is 21.1 Å². The molecule has 1 amide bonds. The molecule has 2 aromatic rings. The zero-order chi connectivity index (χ0) is 21.7. The summed E-state index contributed by atoms with van der Waals surface area (Å²) in [7, 11) is 0. The highest BCUT2D eigenvalue weighted by molar-refractivity contribution is 7.17. The van der Waals surface area contributed by atoms with E-state index in [0.29, 0.717) is 27.9 Å². The normalized spacial score (nSPS) is 14.4. The molecule has 3 rings (SSSR count). The van der Waals surface area contributed by atoms with Crippen molar-refractivity contribution >= 4 is 39.8 Å². The molecule has 0 bridgehead atoms. The molecule has 0 saturated heterocycles. The smallest absolute Gasteiger partial charge is 0.341 e. The fourth-order valence-corrected chi connectivity index (χ4v) is 5.02. The third kappa shape index (κ3) is 5.35. The van der Waals surface area contributed by atoms with E-state index in [9.17, 15) is 9.59 Å². The van der Waals surface area contributed by atoms with Gasteiger partial charge in [-0.3, -0.25) is 4.79 Å². The Labute approximate surface area is 186 Å². The van der Waals surface area contributed by atoms with Gasteiger partial charge < -0.3 is 14.8 Å². The molecule has 0 fully saturated rings. The van der Waals surface area contributed by atoms with Crippen LogP contribution < -0.4 is 10.1 Å². The van der Waals surface area contributed by atoms with Crippen LogP contribution in [0.3, 0.4) is 0 Å². The fraction of sp³-hybridized carbons (Fsp3) is 0.478. The molecule has 1 aromatic carbocycles. The number of benzene rings is 1. The number of thiophene rings is 1. The van der Waals surface area contributed by atoms with Gasteiger partial charge in [-0.1, -0.05) is 24.9 Å². The Morgan fingerprint density at radius 3 is 2.73 bits per heavy atom. The number of carbonyl (C=O) groups excluding carboxylic acids is 2. The first kappa shape index (κ1) is 22.6. The molecule has 162 valence electrons. The van der Waals surface area contributed by atoms with Crippen LogP contribution in [0.4, 0.5) is 5.00 Å². The van der Waals surface area contributed by atoms with Gasteiger partial charge >= 0.3 is 5.97 Å². The Balaban J connectivity index is 1.80. The first-order valence-electron chi connectivity index (χ1n) is 10.5. The topological polar surface area (TPSA) is 64.6 Å². The van der Waals surface area contributed by atoms with E-state index in [0.717, 1.165) is 49.7 Å². The van der Waals surface area contributed by atoms with Crippen molar-refractivity contribution in [1.82, 2.24) is 0 Å². The average Bonchev–Trinajstić information content (AvgIpc) is 2.88. The molecule has 0 spiro atoms. The number of fused-ring (bicyclic) bond motifs is 1. The van der Waals surface area contributed by atoms with Gasteiger partial charge in [0, 0.05) is 9.90 Å². The summed E-state index contributed by atoms with van der Waals surface area (Å²) < 4.78 is 11.3. The van der Waals surface area contributed by atoms with Crippen molar-refractivity contribution < 1.29 is 19.1 Å². The molecule has 0 saturated carbocycles. The number of rotatable bonds is 7. The third-order valence-electron chi connectivity index (χ3n) is 5.11. The predicted molar refractivity (Wildman–Crippen MR) is 121 cm³/mol. The second-order valence-electron chi connectivity index (χ2n) is 7.56. The fourth-order valence-electron chi connectivity index (χ4n) is 3.52. The Hall–Kier alpha value is -2.05. The summed E-state index contributed by atoms with van der Waals surface area (Å²) in [6.45, 7) is 5.90. The Morgan fingerprint density at radius 2 is 2.00 bits per heavy atom. The second kappa shape index (κ2) is 10.3. The molecule has 1 heterocycles. The predicted octanol–water partition coefficient (Wildman–Crippen LogP) is 5.95. The summed E-state index contributed by atoms with van der Waals surface area (Å²) in [4.78, 5) is 26.8. The van der Waals surface area contributed by atoms with Crippen molar-refractivity contribution in [3.63, 3.8) is 0 Å². The molecule has 0 unspecified atom stereocenters. The van der Waals surface area contributed by atoms with E-state index in [2.05, 4.69) is 5.32 Å². The highest BCUT2D eigenvalue weighted by atomic mass is 35.5. The van der Waals surface area contributed by atoms with Crippen molar-refractivity contribution in [2.75, 3.05) is 11.9 Å². The first-order chi connectivity index (χ1) is 14.4. The molecule has 1 aliphatic rings. The number of ether oxygens (including phenoxy) is 2. The molecule has 30 heavy (non-hydrogen) atoms. The van der Waals surface area contributed by atoms with Crippen LogP contribution >= 0.6 is 22.9 Å². The van der Waals surface area contributed by atoms with Gasteiger partial charge in [-0.15, -0.1) is 11.3 Å². The Morgan fingerprint density at radius 1 is 1.23 bits per heavy atom. The standard InChI is InChI=1S/C23H28ClNO4S/c1-4-12-28-23(27)20-17-8-6-5-7-9-19(17)30-22(20)25-21(26)15(3)29-18-11-10-16(24)13-14(18)2/h10-11,13,15H,4-9,12H2,1-3H3,(H,25,26)/t15-/m1/s1. The molecule has 5 nitrogen and oxygen atoms in total. The van der Waals surface area contributed by atoms with Crippen LogP contribution in [-0.2, 0) is 22.4 Å². The molecule has 1 atom stereocenters. The Kier molecular flexibility index (Phi) is 7.78. The number of amides is 1. The molecule has 7 heteroatoms. The van der Waals surface area contributed by atoms with Crippen LogP contribution in [0.2, 0.25) is 5.02 Å². The summed E-state index contributed by atoms with van der Waals surface area (Å²) in [5.41, 5.74) is 2.42. The SMILES string of the molecule is CCCOC(=O)c1c(NC(=O)[C@@H](C)Oc2ccc(Cl)cc2C)sc2c1CCCCC2. The van der Waals surface area contributed by atoms with Gasteiger partial charge in [0.05, 0.1) is 12.2 Å². The summed E-state index contributed by atoms with van der Waals surface area (Å²) >= 11 is 7.48. The van der Waals surface area contributed by atoms with E-state index in [1.54, 1.807) is 25.1 Å². The van der Waals surface area contributed by atoms with E-state index in [1.165, 1.54) is 16.2 Å². The van der Waals surface area contributed by atoms with Crippen LogP contribution in [0.15, 0.2) is 18.2 Å². The van der Waals surface area contributed by atoms with Crippen LogP contribution in [0.1, 0.15) is 65.9 Å². The van der Waals surface area contributed by atoms with E-state index >= 15 is 0 Å². The number of aryl methyl sites for hydroxylation is 2. The maximum atomic E-state index is 12.9. The lowest BCUT2D eigenvalue weighted by atomic mass is 10.1. The van der Waals surface area contributed by atoms with Gasteiger partial charge in [0.2, 0.25) is 0 Å². The summed E-state index contributed by atoms with van der Waals surface area (Å²) in [5.74, 6) is -0.0504. The molecular formula is C23H28ClNO4S. The number of hydrogen-bond donors (Lipinski definition) is 1. The van der Waals surface area contributed by atoms with Gasteiger partial charge in [0.1, 0.15) is 10.8 Å². The van der Waals surface area contributed by atoms with Gasteiger partial charge in [0.25, 0.3) is 5.91 Å². The highest BCUT2D eigenvalue weighted by Crippen LogP contribution is 2.38. The number of carbonyl (C=O) groups is 2. The van der Waals surface area contributed by atoms with Crippen molar-refractivity contribution in [2.24, 2.45) is 0 Å². The largest absolute Gasteiger partial charge is 0.481 e. The monoisotopic (exact) mass is 449 g/mol. The van der Waals surface area contributed by atoms with Crippen molar-refractivity contribution in [2.45, 2.75) is 65.4 Å². The molecule has 1 N–H and O–H groups in total. The van der Waals surface area contributed by atoms with Gasteiger partial charge in [0.15, 0.2) is 6.10 Å². The van der Waals surface area contributed by atoms with E-state index in [1.807, 2.05) is 13.8 Å². The van der Waals surface area contributed by atoms with Crippen LogP contribution in [0, 0.1) is 6.92 Å². The van der Waals surface area contributed by atoms with Crippen molar-refractivity contribution in [3.8, 4) is 5.75 Å². The quantitative estimate of drug-likeness (QED) is 0.419. The Bertz CT molecular complexity index is 924. The van der Waals surface area contributed by atoms with Crippen molar-refractivity contribution in [1.29, 1.82) is 0 Å². The van der Waals surface area contributed by atoms with Gasteiger partial charge in [-0.05, 0) is 75.3 Å². The first-order valence-corrected chi connectivity index (χ1v) is 11.7. The maximum Gasteiger partial charge on any atom is 0.341 e. The number of nitrogens with one attached hydrogen (secondary N) is 1. The summed E-state index contributed by atoms with van der Waals surface area (Å²) in [5, 5.41) is 4.11. The third-order valence-corrected chi connectivity index (χ3v) is 6.55. The van der Waals surface area contributed by atoms with Crippen LogP contribution in [0.5, 0.6) is 5.75 Å². The number of hydrogen-bond acceptors (Lipinski definition) is 5. The van der Waals surface area contributed by atoms with Crippen LogP contribution in [0.25, 0.3) is 0 Å². The highest BCUT2D eigenvalue weighted by Gasteiger charge is 2.28. The van der Waals surface area contributed by atoms with E-state index < -0.39 is 6.10 Å². The number of esters is 1. The second-order valence-corrected chi connectivity index (χ2v) is 9.11. The molecular weight excluding hydrogens is 422 g/mol. The van der Waals surface area contributed by atoms with Crippen molar-refractivity contribution in [3.05, 3.63) is 44.8 Å². The summed E-state index contributed by atoms with van der Waals surface area (Å²) in [6, 6.07) is 5.27. The summed E-state index contributed by atoms with van der Waals surface area (Å²) in [6.07, 6.45) is 5.09.